The molecule has 0 spiro atoms. The Morgan fingerprint density at radius 2 is 1.96 bits per heavy atom. The molecule has 4 nitrogen and oxygen atoms in total. The Labute approximate surface area is 169 Å². The molecule has 0 aliphatic rings. The summed E-state index contributed by atoms with van der Waals surface area (Å²) in [6, 6.07) is 11.5. The van der Waals surface area contributed by atoms with Crippen molar-refractivity contribution in [2.75, 3.05) is 13.7 Å². The van der Waals surface area contributed by atoms with Crippen LogP contribution in [0.15, 0.2) is 51.4 Å². The lowest BCUT2D eigenvalue weighted by atomic mass is 10.2. The van der Waals surface area contributed by atoms with Crippen molar-refractivity contribution < 1.29 is 19.0 Å². The van der Waals surface area contributed by atoms with Crippen LogP contribution >= 0.6 is 31.9 Å². The van der Waals surface area contributed by atoms with E-state index in [1.807, 2.05) is 30.3 Å². The summed E-state index contributed by atoms with van der Waals surface area (Å²) in [5.74, 6) is 2.87. The molecule has 0 unspecified atom stereocenters. The molecule has 6 heteroatoms. The SMILES string of the molecule is C#CCOC(=O)/C=C/c1cc(Br)c(OCc2ccc(Br)cc2)c(OC)c1. The summed E-state index contributed by atoms with van der Waals surface area (Å²) in [5.41, 5.74) is 1.78. The van der Waals surface area contributed by atoms with Gasteiger partial charge in [-0.25, -0.2) is 4.79 Å². The third kappa shape index (κ3) is 5.94. The zero-order valence-electron chi connectivity index (χ0n) is 14.0. The van der Waals surface area contributed by atoms with Crippen LogP contribution in [0.1, 0.15) is 11.1 Å². The third-order valence-electron chi connectivity index (χ3n) is 3.26. The fourth-order valence-corrected chi connectivity index (χ4v) is 2.88. The van der Waals surface area contributed by atoms with Crippen molar-refractivity contribution in [3.05, 3.63) is 62.5 Å². The van der Waals surface area contributed by atoms with Gasteiger partial charge in [-0.2, -0.15) is 0 Å². The van der Waals surface area contributed by atoms with Crippen molar-refractivity contribution in [3.63, 3.8) is 0 Å². The van der Waals surface area contributed by atoms with Gasteiger partial charge in [-0.1, -0.05) is 34.0 Å². The van der Waals surface area contributed by atoms with Gasteiger partial charge in [0, 0.05) is 10.5 Å². The van der Waals surface area contributed by atoms with E-state index in [1.54, 1.807) is 19.3 Å². The molecule has 0 aliphatic heterocycles. The van der Waals surface area contributed by atoms with Crippen LogP contribution in [0.2, 0.25) is 0 Å². The van der Waals surface area contributed by atoms with Crippen LogP contribution < -0.4 is 9.47 Å². The normalized spacial score (nSPS) is 10.4. The molecule has 0 bridgehead atoms. The van der Waals surface area contributed by atoms with Gasteiger partial charge < -0.3 is 14.2 Å². The Morgan fingerprint density at radius 3 is 2.62 bits per heavy atom. The standard InChI is InChI=1S/C20H16Br2O4/c1-3-10-25-19(23)9-6-15-11-17(22)20(18(12-15)24-2)26-13-14-4-7-16(21)8-5-14/h1,4-9,11-12H,10,13H2,2H3/b9-6+. The minimum absolute atomic E-state index is 0.0565. The first-order valence-corrected chi connectivity index (χ1v) is 9.15. The number of hydrogen-bond donors (Lipinski definition) is 0. The van der Waals surface area contributed by atoms with Crippen molar-refractivity contribution in [2.24, 2.45) is 0 Å². The summed E-state index contributed by atoms with van der Waals surface area (Å²) in [5, 5.41) is 0. The largest absolute Gasteiger partial charge is 0.493 e. The summed E-state index contributed by atoms with van der Waals surface area (Å²) in [6.45, 7) is 0.342. The van der Waals surface area contributed by atoms with E-state index >= 15 is 0 Å². The number of hydrogen-bond acceptors (Lipinski definition) is 4. The van der Waals surface area contributed by atoms with Crippen molar-refractivity contribution in [1.82, 2.24) is 0 Å². The number of rotatable bonds is 7. The smallest absolute Gasteiger partial charge is 0.331 e. The minimum Gasteiger partial charge on any atom is -0.493 e. The molecule has 134 valence electrons. The predicted octanol–water partition coefficient (Wildman–Crippen LogP) is 4.99. The topological polar surface area (TPSA) is 44.8 Å². The van der Waals surface area contributed by atoms with Crippen LogP contribution in [0.5, 0.6) is 11.5 Å². The van der Waals surface area contributed by atoms with Crippen molar-refractivity contribution in [3.8, 4) is 23.8 Å². The summed E-state index contributed by atoms with van der Waals surface area (Å²) < 4.78 is 17.8. The van der Waals surface area contributed by atoms with E-state index in [9.17, 15) is 4.79 Å². The molecule has 0 N–H and O–H groups in total. The van der Waals surface area contributed by atoms with Crippen LogP contribution in [-0.4, -0.2) is 19.7 Å². The maximum Gasteiger partial charge on any atom is 0.331 e. The summed E-state index contributed by atoms with van der Waals surface area (Å²) in [4.78, 5) is 11.5. The fourth-order valence-electron chi connectivity index (χ4n) is 2.04. The molecule has 0 aromatic heterocycles. The number of carbonyl (C=O) groups is 1. The average molecular weight is 480 g/mol. The lowest BCUT2D eigenvalue weighted by Crippen LogP contribution is -2.00. The molecule has 0 heterocycles. The molecule has 0 saturated heterocycles. The minimum atomic E-state index is -0.506. The first-order chi connectivity index (χ1) is 12.5. The molecular weight excluding hydrogens is 464 g/mol. The van der Waals surface area contributed by atoms with Gasteiger partial charge in [-0.05, 0) is 57.4 Å². The van der Waals surface area contributed by atoms with Crippen LogP contribution in [0, 0.1) is 12.3 Å². The molecule has 0 fully saturated rings. The van der Waals surface area contributed by atoms with Gasteiger partial charge in [-0.15, -0.1) is 6.42 Å². The second kappa shape index (κ2) is 10.0. The molecule has 0 radical (unpaired) electrons. The maximum absolute atomic E-state index is 11.5. The summed E-state index contributed by atoms with van der Waals surface area (Å²) >= 11 is 6.89. The Morgan fingerprint density at radius 1 is 1.23 bits per heavy atom. The van der Waals surface area contributed by atoms with Crippen molar-refractivity contribution >= 4 is 43.9 Å². The number of benzene rings is 2. The van der Waals surface area contributed by atoms with Gasteiger partial charge in [0.05, 0.1) is 11.6 Å². The Balaban J connectivity index is 2.13. The van der Waals surface area contributed by atoms with Crippen LogP contribution in [0.4, 0.5) is 0 Å². The molecule has 2 rings (SSSR count). The lowest BCUT2D eigenvalue weighted by molar-refractivity contribution is -0.136. The zero-order chi connectivity index (χ0) is 18.9. The highest BCUT2D eigenvalue weighted by Gasteiger charge is 2.11. The van der Waals surface area contributed by atoms with Crippen LogP contribution in [-0.2, 0) is 16.1 Å². The Hall–Kier alpha value is -2.23. The number of halogens is 2. The summed E-state index contributed by atoms with van der Waals surface area (Å²) in [6.07, 6.45) is 7.97. The number of esters is 1. The summed E-state index contributed by atoms with van der Waals surface area (Å²) in [7, 11) is 1.56. The number of terminal acetylenes is 1. The van der Waals surface area contributed by atoms with Gasteiger partial charge in [0.2, 0.25) is 0 Å². The van der Waals surface area contributed by atoms with Crippen LogP contribution in [0.25, 0.3) is 6.08 Å². The van der Waals surface area contributed by atoms with E-state index in [4.69, 9.17) is 20.6 Å². The second-order valence-electron chi connectivity index (χ2n) is 5.09. The quantitative estimate of drug-likeness (QED) is 0.319. The van der Waals surface area contributed by atoms with E-state index < -0.39 is 5.97 Å². The second-order valence-corrected chi connectivity index (χ2v) is 6.86. The molecule has 0 saturated carbocycles. The van der Waals surface area contributed by atoms with E-state index in [0.717, 1.165) is 15.6 Å². The highest BCUT2D eigenvalue weighted by molar-refractivity contribution is 9.10. The highest BCUT2D eigenvalue weighted by atomic mass is 79.9. The predicted molar refractivity (Wildman–Crippen MR) is 108 cm³/mol. The Kier molecular flexibility index (Phi) is 7.76. The van der Waals surface area contributed by atoms with Gasteiger partial charge in [0.15, 0.2) is 18.1 Å². The van der Waals surface area contributed by atoms with E-state index in [1.165, 1.54) is 6.08 Å². The van der Waals surface area contributed by atoms with Gasteiger partial charge in [0.25, 0.3) is 0 Å². The molecule has 2 aromatic carbocycles. The fraction of sp³-hybridized carbons (Fsp3) is 0.150. The molecule has 0 aliphatic carbocycles. The molecule has 2 aromatic rings. The molecular formula is C20H16Br2O4. The van der Waals surface area contributed by atoms with E-state index in [-0.39, 0.29) is 6.61 Å². The third-order valence-corrected chi connectivity index (χ3v) is 4.38. The van der Waals surface area contributed by atoms with Gasteiger partial charge >= 0.3 is 5.97 Å². The lowest BCUT2D eigenvalue weighted by Gasteiger charge is -2.13. The van der Waals surface area contributed by atoms with E-state index in [2.05, 4.69) is 37.8 Å². The van der Waals surface area contributed by atoms with Crippen molar-refractivity contribution in [1.29, 1.82) is 0 Å². The monoisotopic (exact) mass is 478 g/mol. The highest BCUT2D eigenvalue weighted by Crippen LogP contribution is 2.37. The average Bonchev–Trinajstić information content (AvgIpc) is 2.64. The number of carbonyl (C=O) groups excluding carboxylic acids is 1. The first-order valence-electron chi connectivity index (χ1n) is 7.56. The Bertz CT molecular complexity index is 836. The maximum atomic E-state index is 11.5. The first kappa shape index (κ1) is 20.1. The number of ether oxygens (including phenoxy) is 3. The van der Waals surface area contributed by atoms with Crippen LogP contribution in [0.3, 0.4) is 0 Å². The van der Waals surface area contributed by atoms with Gasteiger partial charge in [0.1, 0.15) is 6.61 Å². The van der Waals surface area contributed by atoms with Gasteiger partial charge in [-0.3, -0.25) is 0 Å². The number of methoxy groups -OCH3 is 1. The molecule has 0 atom stereocenters. The zero-order valence-corrected chi connectivity index (χ0v) is 17.2. The van der Waals surface area contributed by atoms with E-state index in [0.29, 0.717) is 22.6 Å². The van der Waals surface area contributed by atoms with Crippen molar-refractivity contribution in [2.45, 2.75) is 6.61 Å². The molecule has 26 heavy (non-hydrogen) atoms. The molecule has 0 amide bonds.